The lowest BCUT2D eigenvalue weighted by atomic mass is 9.76. The molecule has 1 aliphatic rings. The summed E-state index contributed by atoms with van der Waals surface area (Å²) in [6, 6.07) is 13.0. The first-order valence-corrected chi connectivity index (χ1v) is 8.54. The lowest BCUT2D eigenvalue weighted by Crippen LogP contribution is -2.73. The molecular weight excluding hydrogens is 373 g/mol. The third-order valence-corrected chi connectivity index (χ3v) is 5.17. The van der Waals surface area contributed by atoms with Crippen molar-refractivity contribution in [3.8, 4) is 0 Å². The smallest absolute Gasteiger partial charge is 0.363 e. The van der Waals surface area contributed by atoms with Crippen LogP contribution in [0.3, 0.4) is 0 Å². The molecule has 2 aromatic carbocycles. The molecule has 1 aliphatic heterocycles. The fraction of sp³-hybridized carbons (Fsp3) is 0.300. The lowest BCUT2D eigenvalue weighted by Gasteiger charge is -2.53. The van der Waals surface area contributed by atoms with Gasteiger partial charge in [-0.25, -0.2) is 4.79 Å². The van der Waals surface area contributed by atoms with Crippen LogP contribution in [0.15, 0.2) is 60.7 Å². The number of halogens is 3. The number of hydrogen-bond acceptors (Lipinski definition) is 3. The van der Waals surface area contributed by atoms with Crippen LogP contribution in [0, 0.1) is 5.92 Å². The number of aliphatic hydroxyl groups is 1. The van der Waals surface area contributed by atoms with Crippen molar-refractivity contribution in [1.82, 2.24) is 9.80 Å². The zero-order valence-corrected chi connectivity index (χ0v) is 15.2. The van der Waals surface area contributed by atoms with Crippen LogP contribution in [-0.2, 0) is 0 Å². The number of hydrogen-bond donors (Lipinski definition) is 1. The van der Waals surface area contributed by atoms with Crippen molar-refractivity contribution >= 4 is 11.8 Å². The highest BCUT2D eigenvalue weighted by molar-refractivity contribution is 6.00. The minimum atomic E-state index is -5.25. The van der Waals surface area contributed by atoms with Gasteiger partial charge in [0.15, 0.2) is 5.78 Å². The number of benzene rings is 2. The van der Waals surface area contributed by atoms with Crippen LogP contribution in [0.1, 0.15) is 22.0 Å². The normalized spacial score (nSPS) is 25.7. The molecule has 5 nitrogen and oxygen atoms in total. The third-order valence-electron chi connectivity index (χ3n) is 5.17. The minimum Gasteiger partial charge on any atom is -0.363 e. The van der Waals surface area contributed by atoms with E-state index >= 15 is 0 Å². The quantitative estimate of drug-likeness (QED) is 0.814. The summed E-state index contributed by atoms with van der Waals surface area (Å²) in [6.45, 7) is 0. The van der Waals surface area contributed by atoms with Crippen molar-refractivity contribution in [2.45, 2.75) is 17.9 Å². The minimum absolute atomic E-state index is 0.0206. The van der Waals surface area contributed by atoms with E-state index < -0.39 is 35.7 Å². The van der Waals surface area contributed by atoms with Gasteiger partial charge in [-0.2, -0.15) is 13.2 Å². The highest BCUT2D eigenvalue weighted by Gasteiger charge is 2.70. The van der Waals surface area contributed by atoms with Gasteiger partial charge < -0.3 is 10.0 Å². The van der Waals surface area contributed by atoms with Crippen LogP contribution >= 0.6 is 0 Å². The van der Waals surface area contributed by atoms with Crippen LogP contribution in [0.5, 0.6) is 0 Å². The number of amides is 2. The van der Waals surface area contributed by atoms with E-state index in [4.69, 9.17) is 0 Å². The molecule has 1 saturated heterocycles. The standard InChI is InChI=1S/C20H19F3N2O3/c1-24-16(13-9-5-3-6-10-13)15(17(26)14-11-7-4-8-12-14)19(28,20(21,22)23)25(2)18(24)27/h3-12,15-16,28H,1-2H3/t15-,16+,19-/m0/s1. The number of carbonyl (C=O) groups is 2. The Morgan fingerprint density at radius 1 is 1.00 bits per heavy atom. The molecule has 0 bridgehead atoms. The van der Waals surface area contributed by atoms with Gasteiger partial charge in [0.25, 0.3) is 5.72 Å². The van der Waals surface area contributed by atoms with Gasteiger partial charge in [0.1, 0.15) is 5.92 Å². The van der Waals surface area contributed by atoms with Gasteiger partial charge in [0.05, 0.1) is 6.04 Å². The van der Waals surface area contributed by atoms with E-state index in [1.807, 2.05) is 0 Å². The molecular formula is C20H19F3N2O3. The van der Waals surface area contributed by atoms with Crippen molar-refractivity contribution in [2.75, 3.05) is 14.1 Å². The first kappa shape index (κ1) is 19.9. The van der Waals surface area contributed by atoms with Crippen molar-refractivity contribution in [2.24, 2.45) is 5.92 Å². The van der Waals surface area contributed by atoms with Gasteiger partial charge in [-0.15, -0.1) is 0 Å². The second kappa shape index (κ2) is 6.94. The van der Waals surface area contributed by atoms with Crippen molar-refractivity contribution in [3.63, 3.8) is 0 Å². The molecule has 1 N–H and O–H groups in total. The molecule has 28 heavy (non-hydrogen) atoms. The molecule has 0 unspecified atom stereocenters. The zero-order valence-electron chi connectivity index (χ0n) is 15.2. The van der Waals surface area contributed by atoms with Crippen molar-refractivity contribution in [1.29, 1.82) is 0 Å². The van der Waals surface area contributed by atoms with Crippen LogP contribution < -0.4 is 0 Å². The molecule has 0 aromatic heterocycles. The number of ketones is 1. The summed E-state index contributed by atoms with van der Waals surface area (Å²) in [5.74, 6) is -2.88. The Kier molecular flexibility index (Phi) is 4.93. The Bertz CT molecular complexity index is 873. The Balaban J connectivity index is 2.26. The van der Waals surface area contributed by atoms with Gasteiger partial charge in [0.2, 0.25) is 0 Å². The van der Waals surface area contributed by atoms with Crippen molar-refractivity contribution in [3.05, 3.63) is 71.8 Å². The highest BCUT2D eigenvalue weighted by Crippen LogP contribution is 2.50. The Morgan fingerprint density at radius 2 is 1.50 bits per heavy atom. The van der Waals surface area contributed by atoms with Gasteiger partial charge in [-0.1, -0.05) is 60.7 Å². The molecule has 3 atom stereocenters. The highest BCUT2D eigenvalue weighted by atomic mass is 19.4. The van der Waals surface area contributed by atoms with Crippen molar-refractivity contribution < 1.29 is 27.9 Å². The third kappa shape index (κ3) is 2.93. The molecule has 0 spiro atoms. The molecule has 0 saturated carbocycles. The Hall–Kier alpha value is -2.87. The summed E-state index contributed by atoms with van der Waals surface area (Å²) in [5.41, 5.74) is -3.32. The first-order chi connectivity index (χ1) is 13.1. The van der Waals surface area contributed by atoms with E-state index in [9.17, 15) is 27.9 Å². The summed E-state index contributed by atoms with van der Waals surface area (Å²) in [4.78, 5) is 27.0. The predicted molar refractivity (Wildman–Crippen MR) is 95.4 cm³/mol. The summed E-state index contributed by atoms with van der Waals surface area (Å²) in [7, 11) is 2.16. The molecule has 0 radical (unpaired) electrons. The van der Waals surface area contributed by atoms with E-state index in [-0.39, 0.29) is 10.5 Å². The molecule has 1 fully saturated rings. The Morgan fingerprint density at radius 3 is 2.00 bits per heavy atom. The largest absolute Gasteiger partial charge is 0.437 e. The molecule has 1 heterocycles. The fourth-order valence-electron chi connectivity index (χ4n) is 3.69. The number of carbonyl (C=O) groups excluding carboxylic acids is 2. The van der Waals surface area contributed by atoms with Gasteiger partial charge in [-0.3, -0.25) is 9.69 Å². The van der Waals surface area contributed by atoms with E-state index in [2.05, 4.69) is 0 Å². The second-order valence-electron chi connectivity index (χ2n) is 6.74. The maximum absolute atomic E-state index is 14.1. The number of urea groups is 1. The monoisotopic (exact) mass is 392 g/mol. The number of rotatable bonds is 3. The van der Waals surface area contributed by atoms with Gasteiger partial charge in [-0.05, 0) is 5.56 Å². The SMILES string of the molecule is CN1C(=O)N(C)[C@@](O)(C(F)(F)F)[C@H](C(=O)c2ccccc2)[C@H]1c1ccccc1. The van der Waals surface area contributed by atoms with Crippen LogP contribution in [-0.4, -0.2) is 52.7 Å². The van der Waals surface area contributed by atoms with Crippen LogP contribution in [0.4, 0.5) is 18.0 Å². The average molecular weight is 392 g/mol. The summed E-state index contributed by atoms with van der Waals surface area (Å²) < 4.78 is 42.2. The van der Waals surface area contributed by atoms with E-state index in [0.29, 0.717) is 5.56 Å². The summed E-state index contributed by atoms with van der Waals surface area (Å²) >= 11 is 0. The molecule has 3 rings (SSSR count). The average Bonchev–Trinajstić information content (AvgIpc) is 2.69. The van der Waals surface area contributed by atoms with Gasteiger partial charge >= 0.3 is 12.2 Å². The van der Waals surface area contributed by atoms with E-state index in [0.717, 1.165) is 11.9 Å². The number of Topliss-reactive ketones (excluding diaryl/α,β-unsaturated/α-hetero) is 1. The van der Waals surface area contributed by atoms with Crippen LogP contribution in [0.25, 0.3) is 0 Å². The molecule has 148 valence electrons. The van der Waals surface area contributed by atoms with E-state index in [1.54, 1.807) is 24.3 Å². The molecule has 0 aliphatic carbocycles. The molecule has 8 heteroatoms. The summed E-state index contributed by atoms with van der Waals surface area (Å²) in [5, 5.41) is 10.8. The second-order valence-corrected chi connectivity index (χ2v) is 6.74. The number of alkyl halides is 3. The van der Waals surface area contributed by atoms with Crippen LogP contribution in [0.2, 0.25) is 0 Å². The number of nitrogens with zero attached hydrogens (tertiary/aromatic N) is 2. The van der Waals surface area contributed by atoms with Gasteiger partial charge in [0, 0.05) is 19.7 Å². The first-order valence-electron chi connectivity index (χ1n) is 8.54. The maximum atomic E-state index is 14.1. The van der Waals surface area contributed by atoms with E-state index in [1.165, 1.54) is 43.4 Å². The molecule has 2 aromatic rings. The zero-order chi connectivity index (χ0) is 20.7. The summed E-state index contributed by atoms with van der Waals surface area (Å²) in [6.07, 6.45) is -5.25. The fourth-order valence-corrected chi connectivity index (χ4v) is 3.69. The lowest BCUT2D eigenvalue weighted by molar-refractivity contribution is -0.328. The Labute approximate surface area is 160 Å². The maximum Gasteiger partial charge on any atom is 0.437 e. The predicted octanol–water partition coefficient (Wildman–Crippen LogP) is 3.47. The topological polar surface area (TPSA) is 60.9 Å². The molecule has 2 amide bonds.